The van der Waals surface area contributed by atoms with E-state index in [9.17, 15) is 4.79 Å². The molecular weight excluding hydrogens is 216 g/mol. The average molecular weight is 232 g/mol. The summed E-state index contributed by atoms with van der Waals surface area (Å²) in [7, 11) is 2.11. The van der Waals surface area contributed by atoms with Crippen molar-refractivity contribution >= 4 is 12.0 Å². The van der Waals surface area contributed by atoms with Gasteiger partial charge in [0.1, 0.15) is 0 Å². The molecule has 90 valence electrons. The third-order valence-electron chi connectivity index (χ3n) is 3.10. The number of hydrogen-bond acceptors (Lipinski definition) is 3. The van der Waals surface area contributed by atoms with Gasteiger partial charge < -0.3 is 5.11 Å². The Hall–Kier alpha value is -1.68. The summed E-state index contributed by atoms with van der Waals surface area (Å²) in [6.45, 7) is 1.11. The SMILES string of the molecule is CN1CCCC1c1cncc(/C=C/C(=O)O)c1. The third-order valence-corrected chi connectivity index (χ3v) is 3.10. The Labute approximate surface area is 101 Å². The van der Waals surface area contributed by atoms with Crippen molar-refractivity contribution in [2.24, 2.45) is 0 Å². The number of rotatable bonds is 3. The van der Waals surface area contributed by atoms with Crippen molar-refractivity contribution in [1.29, 1.82) is 0 Å². The molecule has 1 aromatic heterocycles. The highest BCUT2D eigenvalue weighted by atomic mass is 16.4. The number of aromatic nitrogens is 1. The number of carbonyl (C=O) groups is 1. The molecule has 0 saturated carbocycles. The van der Waals surface area contributed by atoms with Gasteiger partial charge >= 0.3 is 5.97 Å². The molecule has 1 aromatic rings. The van der Waals surface area contributed by atoms with Crippen molar-refractivity contribution in [1.82, 2.24) is 9.88 Å². The van der Waals surface area contributed by atoms with E-state index in [-0.39, 0.29) is 0 Å². The van der Waals surface area contributed by atoms with E-state index in [1.54, 1.807) is 12.3 Å². The molecule has 0 aliphatic carbocycles. The Balaban J connectivity index is 2.19. The average Bonchev–Trinajstić information content (AvgIpc) is 2.73. The minimum atomic E-state index is -0.937. The van der Waals surface area contributed by atoms with Crippen molar-refractivity contribution in [2.75, 3.05) is 13.6 Å². The molecule has 2 rings (SSSR count). The molecule has 4 heteroatoms. The van der Waals surface area contributed by atoms with Crippen molar-refractivity contribution in [2.45, 2.75) is 18.9 Å². The molecule has 0 aromatic carbocycles. The lowest BCUT2D eigenvalue weighted by molar-refractivity contribution is -0.131. The minimum Gasteiger partial charge on any atom is -0.478 e. The molecule has 4 nitrogen and oxygen atoms in total. The zero-order valence-corrected chi connectivity index (χ0v) is 9.84. The Morgan fingerprint density at radius 2 is 2.41 bits per heavy atom. The summed E-state index contributed by atoms with van der Waals surface area (Å²) < 4.78 is 0. The quantitative estimate of drug-likeness (QED) is 0.809. The van der Waals surface area contributed by atoms with Gasteiger partial charge in [0.25, 0.3) is 0 Å². The Kier molecular flexibility index (Phi) is 3.54. The maximum Gasteiger partial charge on any atom is 0.328 e. The summed E-state index contributed by atoms with van der Waals surface area (Å²) in [5.41, 5.74) is 2.00. The standard InChI is InChI=1S/C13H16N2O2/c1-15-6-2-3-12(15)11-7-10(8-14-9-11)4-5-13(16)17/h4-5,7-9,12H,2-3,6H2,1H3,(H,16,17)/b5-4+. The van der Waals surface area contributed by atoms with Crippen LogP contribution in [0, 0.1) is 0 Å². The number of carboxylic acid groups (broad SMARTS) is 1. The number of pyridine rings is 1. The van der Waals surface area contributed by atoms with Crippen LogP contribution >= 0.6 is 0 Å². The van der Waals surface area contributed by atoms with Crippen molar-refractivity contribution < 1.29 is 9.90 Å². The van der Waals surface area contributed by atoms with Crippen LogP contribution in [0.4, 0.5) is 0 Å². The van der Waals surface area contributed by atoms with Gasteiger partial charge in [0, 0.05) is 24.5 Å². The van der Waals surface area contributed by atoms with E-state index in [0.29, 0.717) is 6.04 Å². The smallest absolute Gasteiger partial charge is 0.328 e. The van der Waals surface area contributed by atoms with E-state index in [2.05, 4.69) is 16.9 Å². The van der Waals surface area contributed by atoms with Gasteiger partial charge in [0.15, 0.2) is 0 Å². The van der Waals surface area contributed by atoms with Crippen LogP contribution in [0.1, 0.15) is 30.0 Å². The lowest BCUT2D eigenvalue weighted by Crippen LogP contribution is -2.17. The van der Waals surface area contributed by atoms with Gasteiger partial charge in [-0.2, -0.15) is 0 Å². The second-order valence-corrected chi connectivity index (χ2v) is 4.36. The number of likely N-dealkylation sites (tertiary alicyclic amines) is 1. The predicted octanol–water partition coefficient (Wildman–Crippen LogP) is 1.95. The highest BCUT2D eigenvalue weighted by Gasteiger charge is 2.22. The maximum absolute atomic E-state index is 10.5. The zero-order valence-electron chi connectivity index (χ0n) is 9.84. The van der Waals surface area contributed by atoms with Crippen LogP contribution in [0.15, 0.2) is 24.5 Å². The summed E-state index contributed by atoms with van der Waals surface area (Å²) in [6.07, 6.45) is 8.61. The molecule has 0 radical (unpaired) electrons. The first kappa shape index (κ1) is 11.8. The third kappa shape index (κ3) is 2.91. The lowest BCUT2D eigenvalue weighted by atomic mass is 10.1. The molecule has 2 heterocycles. The van der Waals surface area contributed by atoms with Gasteiger partial charge in [0.2, 0.25) is 0 Å². The molecule has 0 spiro atoms. The van der Waals surface area contributed by atoms with Crippen molar-refractivity contribution in [3.63, 3.8) is 0 Å². The molecule has 1 atom stereocenters. The first-order chi connectivity index (χ1) is 8.16. The summed E-state index contributed by atoms with van der Waals surface area (Å²) >= 11 is 0. The van der Waals surface area contributed by atoms with Crippen LogP contribution in [0.3, 0.4) is 0 Å². The van der Waals surface area contributed by atoms with Crippen molar-refractivity contribution in [3.05, 3.63) is 35.7 Å². The maximum atomic E-state index is 10.5. The Bertz CT molecular complexity index is 443. The monoisotopic (exact) mass is 232 g/mol. The zero-order chi connectivity index (χ0) is 12.3. The molecular formula is C13H16N2O2. The van der Waals surface area contributed by atoms with Crippen molar-refractivity contribution in [3.8, 4) is 0 Å². The molecule has 0 amide bonds. The van der Waals surface area contributed by atoms with Gasteiger partial charge in [-0.1, -0.05) is 0 Å². The van der Waals surface area contributed by atoms with Crippen LogP contribution < -0.4 is 0 Å². The van der Waals surface area contributed by atoms with E-state index in [4.69, 9.17) is 5.11 Å². The summed E-state index contributed by atoms with van der Waals surface area (Å²) in [4.78, 5) is 16.9. The Morgan fingerprint density at radius 3 is 3.06 bits per heavy atom. The molecule has 1 saturated heterocycles. The molecule has 1 aliphatic heterocycles. The highest BCUT2D eigenvalue weighted by molar-refractivity contribution is 5.85. The minimum absolute atomic E-state index is 0.417. The normalized spacial score (nSPS) is 21.1. The first-order valence-corrected chi connectivity index (χ1v) is 5.73. The molecule has 17 heavy (non-hydrogen) atoms. The van der Waals surface area contributed by atoms with Crippen LogP contribution in [0.25, 0.3) is 6.08 Å². The van der Waals surface area contributed by atoms with Crippen LogP contribution in [0.2, 0.25) is 0 Å². The molecule has 0 bridgehead atoms. The van der Waals surface area contributed by atoms with E-state index >= 15 is 0 Å². The highest BCUT2D eigenvalue weighted by Crippen LogP contribution is 2.30. The van der Waals surface area contributed by atoms with E-state index in [1.807, 2.05) is 12.3 Å². The second kappa shape index (κ2) is 5.10. The largest absolute Gasteiger partial charge is 0.478 e. The number of hydrogen-bond donors (Lipinski definition) is 1. The fourth-order valence-corrected chi connectivity index (χ4v) is 2.25. The lowest BCUT2D eigenvalue weighted by Gasteiger charge is -2.19. The summed E-state index contributed by atoms with van der Waals surface area (Å²) in [6, 6.07) is 2.43. The molecule has 1 aliphatic rings. The summed E-state index contributed by atoms with van der Waals surface area (Å²) in [5.74, 6) is -0.937. The van der Waals surface area contributed by atoms with Gasteiger partial charge in [-0.3, -0.25) is 9.88 Å². The molecule has 1 unspecified atom stereocenters. The second-order valence-electron chi connectivity index (χ2n) is 4.36. The number of aliphatic carboxylic acids is 1. The van der Waals surface area contributed by atoms with E-state index in [1.165, 1.54) is 6.42 Å². The summed E-state index contributed by atoms with van der Waals surface area (Å²) in [5, 5.41) is 8.58. The number of nitrogens with zero attached hydrogens (tertiary/aromatic N) is 2. The topological polar surface area (TPSA) is 53.4 Å². The molecule has 1 fully saturated rings. The van der Waals surface area contributed by atoms with E-state index in [0.717, 1.165) is 30.2 Å². The van der Waals surface area contributed by atoms with Gasteiger partial charge in [-0.05, 0) is 49.7 Å². The predicted molar refractivity (Wildman–Crippen MR) is 65.5 cm³/mol. The van der Waals surface area contributed by atoms with Gasteiger partial charge in [-0.25, -0.2) is 4.79 Å². The number of carboxylic acids is 1. The van der Waals surface area contributed by atoms with Crippen LogP contribution in [0.5, 0.6) is 0 Å². The Morgan fingerprint density at radius 1 is 1.59 bits per heavy atom. The first-order valence-electron chi connectivity index (χ1n) is 5.73. The van der Waals surface area contributed by atoms with E-state index < -0.39 is 5.97 Å². The van der Waals surface area contributed by atoms with Gasteiger partial charge in [0.05, 0.1) is 0 Å². The fraction of sp³-hybridized carbons (Fsp3) is 0.385. The molecule has 1 N–H and O–H groups in total. The van der Waals surface area contributed by atoms with Crippen LogP contribution in [-0.2, 0) is 4.79 Å². The van der Waals surface area contributed by atoms with Crippen LogP contribution in [-0.4, -0.2) is 34.6 Å². The fourth-order valence-electron chi connectivity index (χ4n) is 2.25. The van der Waals surface area contributed by atoms with Gasteiger partial charge in [-0.15, -0.1) is 0 Å².